The second kappa shape index (κ2) is 8.15. The molecule has 0 saturated carbocycles. The molecule has 5 heteroatoms. The quantitative estimate of drug-likeness (QED) is 0.890. The van der Waals surface area contributed by atoms with E-state index in [4.69, 9.17) is 16.9 Å². The number of hydrogen-bond donors (Lipinski definition) is 1. The summed E-state index contributed by atoms with van der Waals surface area (Å²) in [5.74, 6) is -0.138. The average Bonchev–Trinajstić information content (AvgIpc) is 3.17. The van der Waals surface area contributed by atoms with Crippen molar-refractivity contribution in [2.75, 3.05) is 19.6 Å². The van der Waals surface area contributed by atoms with Gasteiger partial charge in [-0.15, -0.1) is 0 Å². The number of nitrogens with one attached hydrogen (secondary N) is 1. The van der Waals surface area contributed by atoms with Crippen LogP contribution in [0.3, 0.4) is 0 Å². The first-order chi connectivity index (χ1) is 12.2. The predicted octanol–water partition coefficient (Wildman–Crippen LogP) is 3.78. The van der Waals surface area contributed by atoms with Crippen LogP contribution in [0.5, 0.6) is 0 Å². The van der Waals surface area contributed by atoms with Gasteiger partial charge in [0.2, 0.25) is 0 Å². The highest BCUT2D eigenvalue weighted by molar-refractivity contribution is 6.31. The number of nitriles is 1. The lowest BCUT2D eigenvalue weighted by Gasteiger charge is -2.29. The standard InChI is InChI=1S/C20H20ClN3O/c21-18-6-2-1-5-17(18)19(24-11-3-4-12-24)14-23-20(25)16-9-7-15(13-22)8-10-16/h1-2,5-10,19H,3-4,11-12,14H2,(H,23,25)/t19-/m1/s1. The molecule has 1 N–H and O–H groups in total. The molecule has 1 aliphatic rings. The number of carbonyl (C=O) groups excluding carboxylic acids is 1. The molecule has 3 rings (SSSR count). The van der Waals surface area contributed by atoms with Crippen LogP contribution < -0.4 is 5.32 Å². The Labute approximate surface area is 153 Å². The SMILES string of the molecule is N#Cc1ccc(C(=O)NC[C@H](c2ccccc2Cl)N2CCCC2)cc1. The van der Waals surface area contributed by atoms with Gasteiger partial charge in [-0.05, 0) is 61.8 Å². The molecule has 1 heterocycles. The van der Waals surface area contributed by atoms with E-state index in [1.165, 1.54) is 12.8 Å². The predicted molar refractivity (Wildman–Crippen MR) is 98.5 cm³/mol. The summed E-state index contributed by atoms with van der Waals surface area (Å²) in [5.41, 5.74) is 2.15. The summed E-state index contributed by atoms with van der Waals surface area (Å²) in [6, 6.07) is 16.6. The highest BCUT2D eigenvalue weighted by atomic mass is 35.5. The van der Waals surface area contributed by atoms with Crippen LogP contribution in [-0.4, -0.2) is 30.4 Å². The van der Waals surface area contributed by atoms with E-state index in [2.05, 4.69) is 16.3 Å². The van der Waals surface area contributed by atoms with Crippen LogP contribution in [0.25, 0.3) is 0 Å². The minimum Gasteiger partial charge on any atom is -0.350 e. The first-order valence-corrected chi connectivity index (χ1v) is 8.83. The van der Waals surface area contributed by atoms with Crippen molar-refractivity contribution in [3.8, 4) is 6.07 Å². The lowest BCUT2D eigenvalue weighted by molar-refractivity contribution is 0.0938. The topological polar surface area (TPSA) is 56.1 Å². The number of amides is 1. The maximum Gasteiger partial charge on any atom is 0.251 e. The Morgan fingerprint density at radius 1 is 1.16 bits per heavy atom. The van der Waals surface area contributed by atoms with Crippen LogP contribution in [-0.2, 0) is 0 Å². The summed E-state index contributed by atoms with van der Waals surface area (Å²) in [4.78, 5) is 14.8. The van der Waals surface area contributed by atoms with Crippen LogP contribution in [0, 0.1) is 11.3 Å². The fraction of sp³-hybridized carbons (Fsp3) is 0.300. The lowest BCUT2D eigenvalue weighted by Crippen LogP contribution is -2.37. The van der Waals surface area contributed by atoms with Crippen LogP contribution in [0.4, 0.5) is 0 Å². The van der Waals surface area contributed by atoms with E-state index in [1.807, 2.05) is 24.3 Å². The molecular formula is C20H20ClN3O. The normalized spacial score (nSPS) is 15.5. The molecule has 0 bridgehead atoms. The Bertz CT molecular complexity index is 776. The first kappa shape index (κ1) is 17.5. The minimum absolute atomic E-state index is 0.0681. The van der Waals surface area contributed by atoms with Gasteiger partial charge in [0.15, 0.2) is 0 Å². The molecule has 1 aliphatic heterocycles. The summed E-state index contributed by atoms with van der Waals surface area (Å²) in [6.45, 7) is 2.54. The molecule has 0 aromatic heterocycles. The number of benzene rings is 2. The fourth-order valence-corrected chi connectivity index (χ4v) is 3.48. The van der Waals surface area contributed by atoms with Crippen LogP contribution in [0.2, 0.25) is 5.02 Å². The molecule has 1 saturated heterocycles. The second-order valence-corrected chi connectivity index (χ2v) is 6.59. The Morgan fingerprint density at radius 3 is 2.48 bits per heavy atom. The van der Waals surface area contributed by atoms with Gasteiger partial charge in [-0.25, -0.2) is 0 Å². The average molecular weight is 354 g/mol. The molecule has 0 unspecified atom stereocenters. The number of rotatable bonds is 5. The van der Waals surface area contributed by atoms with Gasteiger partial charge in [-0.1, -0.05) is 29.8 Å². The van der Waals surface area contributed by atoms with Crippen LogP contribution in [0.1, 0.15) is 40.4 Å². The Balaban J connectivity index is 1.73. The summed E-state index contributed by atoms with van der Waals surface area (Å²) >= 11 is 6.39. The molecule has 1 atom stereocenters. The van der Waals surface area contributed by atoms with Crippen molar-refractivity contribution >= 4 is 17.5 Å². The number of hydrogen-bond acceptors (Lipinski definition) is 3. The molecule has 1 amide bonds. The summed E-state index contributed by atoms with van der Waals surface area (Å²) in [6.07, 6.45) is 2.34. The van der Waals surface area contributed by atoms with E-state index in [1.54, 1.807) is 24.3 Å². The van der Waals surface area contributed by atoms with E-state index < -0.39 is 0 Å². The summed E-state index contributed by atoms with van der Waals surface area (Å²) in [7, 11) is 0. The van der Waals surface area contributed by atoms with Gasteiger partial charge in [0, 0.05) is 17.1 Å². The van der Waals surface area contributed by atoms with Crippen molar-refractivity contribution in [2.45, 2.75) is 18.9 Å². The number of halogens is 1. The maximum atomic E-state index is 12.4. The molecule has 4 nitrogen and oxygen atoms in total. The third kappa shape index (κ3) is 4.19. The largest absolute Gasteiger partial charge is 0.350 e. The Kier molecular flexibility index (Phi) is 5.70. The van der Waals surface area contributed by atoms with E-state index in [0.29, 0.717) is 17.7 Å². The zero-order chi connectivity index (χ0) is 17.6. The van der Waals surface area contributed by atoms with Crippen LogP contribution in [0.15, 0.2) is 48.5 Å². The molecule has 0 radical (unpaired) electrons. The molecule has 0 aliphatic carbocycles. The van der Waals surface area contributed by atoms with Gasteiger partial charge in [-0.3, -0.25) is 9.69 Å². The molecule has 128 valence electrons. The third-order valence-electron chi connectivity index (χ3n) is 4.58. The summed E-state index contributed by atoms with van der Waals surface area (Å²) in [5, 5.41) is 12.6. The highest BCUT2D eigenvalue weighted by Gasteiger charge is 2.25. The minimum atomic E-state index is -0.138. The van der Waals surface area contributed by atoms with Gasteiger partial charge in [0.25, 0.3) is 5.91 Å². The van der Waals surface area contributed by atoms with Crippen molar-refractivity contribution in [3.63, 3.8) is 0 Å². The molecule has 1 fully saturated rings. The fourth-order valence-electron chi connectivity index (χ4n) is 3.22. The molecule has 2 aromatic rings. The zero-order valence-corrected chi connectivity index (χ0v) is 14.7. The smallest absolute Gasteiger partial charge is 0.251 e. The van der Waals surface area contributed by atoms with Crippen molar-refractivity contribution in [1.82, 2.24) is 10.2 Å². The Hall–Kier alpha value is -2.35. The van der Waals surface area contributed by atoms with Crippen LogP contribution >= 0.6 is 11.6 Å². The maximum absolute atomic E-state index is 12.4. The summed E-state index contributed by atoms with van der Waals surface area (Å²) < 4.78 is 0. The van der Waals surface area contributed by atoms with Crippen molar-refractivity contribution < 1.29 is 4.79 Å². The molecule has 0 spiro atoms. The van der Waals surface area contributed by atoms with Gasteiger partial charge >= 0.3 is 0 Å². The number of nitrogens with zero attached hydrogens (tertiary/aromatic N) is 2. The van der Waals surface area contributed by atoms with Crippen molar-refractivity contribution in [1.29, 1.82) is 5.26 Å². The first-order valence-electron chi connectivity index (χ1n) is 8.46. The third-order valence-corrected chi connectivity index (χ3v) is 4.92. The highest BCUT2D eigenvalue weighted by Crippen LogP contribution is 2.29. The lowest BCUT2D eigenvalue weighted by atomic mass is 10.0. The number of likely N-dealkylation sites (tertiary alicyclic amines) is 1. The molecule has 25 heavy (non-hydrogen) atoms. The Morgan fingerprint density at radius 2 is 1.84 bits per heavy atom. The van der Waals surface area contributed by atoms with Gasteiger partial charge < -0.3 is 5.32 Å². The van der Waals surface area contributed by atoms with Gasteiger partial charge in [-0.2, -0.15) is 5.26 Å². The van der Waals surface area contributed by atoms with Gasteiger partial charge in [0.1, 0.15) is 0 Å². The van der Waals surface area contributed by atoms with Gasteiger partial charge in [0.05, 0.1) is 17.7 Å². The molecular weight excluding hydrogens is 334 g/mol. The van der Waals surface area contributed by atoms with E-state index >= 15 is 0 Å². The zero-order valence-electron chi connectivity index (χ0n) is 13.9. The molecule has 2 aromatic carbocycles. The monoisotopic (exact) mass is 353 g/mol. The second-order valence-electron chi connectivity index (χ2n) is 6.18. The number of carbonyl (C=O) groups is 1. The van der Waals surface area contributed by atoms with Crippen molar-refractivity contribution in [3.05, 3.63) is 70.2 Å². The van der Waals surface area contributed by atoms with Crippen molar-refractivity contribution in [2.24, 2.45) is 0 Å². The van der Waals surface area contributed by atoms with E-state index in [-0.39, 0.29) is 11.9 Å². The van der Waals surface area contributed by atoms with E-state index in [0.717, 1.165) is 23.7 Å². The van der Waals surface area contributed by atoms with E-state index in [9.17, 15) is 4.79 Å².